The molecule has 1 unspecified atom stereocenters. The molecule has 0 aliphatic heterocycles. The number of amides is 1. The van der Waals surface area contributed by atoms with Gasteiger partial charge in [0, 0.05) is 5.69 Å². The number of rotatable bonds is 10. The van der Waals surface area contributed by atoms with Crippen LogP contribution in [0.5, 0.6) is 11.5 Å². The van der Waals surface area contributed by atoms with E-state index < -0.39 is 28.0 Å². The van der Waals surface area contributed by atoms with Gasteiger partial charge in [0.1, 0.15) is 0 Å². The number of esters is 1. The van der Waals surface area contributed by atoms with Crippen molar-refractivity contribution in [1.29, 1.82) is 0 Å². The summed E-state index contributed by atoms with van der Waals surface area (Å²) in [4.78, 5) is 24.7. The first-order valence-corrected chi connectivity index (χ1v) is 11.2. The van der Waals surface area contributed by atoms with E-state index in [1.807, 2.05) is 0 Å². The maximum atomic E-state index is 12.4. The number of carbonyl (C=O) groups is 2. The molecular weight excluding hydrogens is 424 g/mol. The maximum Gasteiger partial charge on any atom is 0.339 e. The third kappa shape index (κ3) is 6.97. The number of primary sulfonamides is 1. The summed E-state index contributed by atoms with van der Waals surface area (Å²) in [6.45, 7) is 4.01. The Kier molecular flexibility index (Phi) is 8.40. The third-order valence-electron chi connectivity index (χ3n) is 4.26. The highest BCUT2D eigenvalue weighted by Crippen LogP contribution is 2.28. The summed E-state index contributed by atoms with van der Waals surface area (Å²) in [6.07, 6.45) is 0.782. The number of benzene rings is 2. The van der Waals surface area contributed by atoms with E-state index in [0.717, 1.165) is 12.8 Å². The standard InChI is InChI=1S/C21H26N2O7S/c1-4-5-12-29-18-11-6-15(13-19(18)28-3)21(25)30-14(2)20(24)23-16-7-9-17(10-8-16)31(22,26)27/h6-11,13-14H,4-5,12H2,1-3H3,(H,23,24)(H2,22,26,27). The lowest BCUT2D eigenvalue weighted by Gasteiger charge is -2.15. The molecule has 0 spiro atoms. The Bertz CT molecular complexity index is 1020. The minimum absolute atomic E-state index is 0.0824. The molecule has 0 aliphatic rings. The van der Waals surface area contributed by atoms with E-state index in [1.165, 1.54) is 50.4 Å². The predicted octanol–water partition coefficient (Wildman–Crippen LogP) is 2.71. The Balaban J connectivity index is 2.00. The fourth-order valence-electron chi connectivity index (χ4n) is 2.49. The Labute approximate surface area is 181 Å². The lowest BCUT2D eigenvalue weighted by atomic mass is 10.2. The van der Waals surface area contributed by atoms with Crippen molar-refractivity contribution in [1.82, 2.24) is 0 Å². The third-order valence-corrected chi connectivity index (χ3v) is 5.19. The van der Waals surface area contributed by atoms with Crippen LogP contribution in [0.15, 0.2) is 47.4 Å². The van der Waals surface area contributed by atoms with Gasteiger partial charge in [-0.15, -0.1) is 0 Å². The first-order valence-electron chi connectivity index (χ1n) is 9.61. The molecule has 168 valence electrons. The predicted molar refractivity (Wildman–Crippen MR) is 115 cm³/mol. The fourth-order valence-corrected chi connectivity index (χ4v) is 3.01. The minimum atomic E-state index is -3.83. The average molecular weight is 451 g/mol. The van der Waals surface area contributed by atoms with Crippen molar-refractivity contribution in [2.75, 3.05) is 19.0 Å². The van der Waals surface area contributed by atoms with Gasteiger partial charge in [-0.25, -0.2) is 18.4 Å². The molecule has 0 aliphatic carbocycles. The van der Waals surface area contributed by atoms with Gasteiger partial charge in [-0.05, 0) is 55.8 Å². The van der Waals surface area contributed by atoms with Crippen LogP contribution in [-0.4, -0.2) is 40.1 Å². The molecule has 2 rings (SSSR count). The lowest BCUT2D eigenvalue weighted by molar-refractivity contribution is -0.123. The van der Waals surface area contributed by atoms with Crippen molar-refractivity contribution in [2.45, 2.75) is 37.7 Å². The van der Waals surface area contributed by atoms with Gasteiger partial charge in [0.05, 0.1) is 24.2 Å². The first-order chi connectivity index (χ1) is 14.7. The van der Waals surface area contributed by atoms with E-state index in [0.29, 0.717) is 23.8 Å². The van der Waals surface area contributed by atoms with Crippen molar-refractivity contribution < 1.29 is 32.2 Å². The molecule has 9 nitrogen and oxygen atoms in total. The van der Waals surface area contributed by atoms with Crippen LogP contribution in [0.2, 0.25) is 0 Å². The zero-order valence-electron chi connectivity index (χ0n) is 17.6. The molecule has 0 heterocycles. The smallest absolute Gasteiger partial charge is 0.339 e. The normalized spacial score (nSPS) is 12.0. The fraction of sp³-hybridized carbons (Fsp3) is 0.333. The number of methoxy groups -OCH3 is 1. The topological polar surface area (TPSA) is 134 Å². The Hall–Kier alpha value is -3.11. The van der Waals surface area contributed by atoms with E-state index in [2.05, 4.69) is 12.2 Å². The number of hydrogen-bond acceptors (Lipinski definition) is 7. The molecule has 1 atom stereocenters. The number of ether oxygens (including phenoxy) is 3. The summed E-state index contributed by atoms with van der Waals surface area (Å²) >= 11 is 0. The van der Waals surface area contributed by atoms with Gasteiger partial charge in [-0.2, -0.15) is 0 Å². The number of nitrogens with one attached hydrogen (secondary N) is 1. The first kappa shape index (κ1) is 24.2. The highest BCUT2D eigenvalue weighted by molar-refractivity contribution is 7.89. The van der Waals surface area contributed by atoms with Gasteiger partial charge in [-0.3, -0.25) is 4.79 Å². The van der Waals surface area contributed by atoms with E-state index in [1.54, 1.807) is 6.07 Å². The van der Waals surface area contributed by atoms with Crippen molar-refractivity contribution in [3.63, 3.8) is 0 Å². The van der Waals surface area contributed by atoms with Gasteiger partial charge in [0.25, 0.3) is 5.91 Å². The molecule has 3 N–H and O–H groups in total. The largest absolute Gasteiger partial charge is 0.493 e. The summed E-state index contributed by atoms with van der Waals surface area (Å²) < 4.78 is 38.7. The van der Waals surface area contributed by atoms with Crippen molar-refractivity contribution in [3.05, 3.63) is 48.0 Å². The van der Waals surface area contributed by atoms with E-state index >= 15 is 0 Å². The Morgan fingerprint density at radius 1 is 1.10 bits per heavy atom. The number of carbonyl (C=O) groups excluding carboxylic acids is 2. The highest BCUT2D eigenvalue weighted by atomic mass is 32.2. The second-order valence-corrected chi connectivity index (χ2v) is 8.24. The molecular formula is C21H26N2O7S. The van der Waals surface area contributed by atoms with Crippen molar-refractivity contribution in [3.8, 4) is 11.5 Å². The minimum Gasteiger partial charge on any atom is -0.493 e. The monoisotopic (exact) mass is 450 g/mol. The van der Waals surface area contributed by atoms with Crippen LogP contribution >= 0.6 is 0 Å². The molecule has 0 fully saturated rings. The molecule has 0 aromatic heterocycles. The van der Waals surface area contributed by atoms with Crippen molar-refractivity contribution in [2.24, 2.45) is 5.14 Å². The molecule has 2 aromatic rings. The molecule has 0 saturated heterocycles. The van der Waals surface area contributed by atoms with Gasteiger partial charge in [-0.1, -0.05) is 13.3 Å². The van der Waals surface area contributed by atoms with Crippen LogP contribution in [0.4, 0.5) is 5.69 Å². The summed E-state index contributed by atoms with van der Waals surface area (Å²) in [5.41, 5.74) is 0.535. The number of anilines is 1. The second kappa shape index (κ2) is 10.8. The number of unbranched alkanes of at least 4 members (excludes halogenated alkanes) is 1. The van der Waals surface area contributed by atoms with Gasteiger partial charge >= 0.3 is 5.97 Å². The molecule has 2 aromatic carbocycles. The van der Waals surface area contributed by atoms with Crippen LogP contribution in [0, 0.1) is 0 Å². The molecule has 31 heavy (non-hydrogen) atoms. The SMILES string of the molecule is CCCCOc1ccc(C(=O)OC(C)C(=O)Nc2ccc(S(N)(=O)=O)cc2)cc1OC. The number of sulfonamides is 1. The van der Waals surface area contributed by atoms with Gasteiger partial charge in [0.15, 0.2) is 17.6 Å². The molecule has 0 saturated carbocycles. The van der Waals surface area contributed by atoms with E-state index in [9.17, 15) is 18.0 Å². The van der Waals surface area contributed by atoms with E-state index in [4.69, 9.17) is 19.3 Å². The zero-order valence-corrected chi connectivity index (χ0v) is 18.4. The molecule has 1 amide bonds. The zero-order chi connectivity index (χ0) is 23.0. The molecule has 10 heteroatoms. The Morgan fingerprint density at radius 2 is 1.77 bits per heavy atom. The summed E-state index contributed by atoms with van der Waals surface area (Å²) in [5, 5.41) is 7.58. The molecule has 0 radical (unpaired) electrons. The Morgan fingerprint density at radius 3 is 2.35 bits per heavy atom. The van der Waals surface area contributed by atoms with Crippen LogP contribution in [-0.2, 0) is 19.6 Å². The van der Waals surface area contributed by atoms with Crippen LogP contribution < -0.4 is 19.9 Å². The van der Waals surface area contributed by atoms with E-state index in [-0.39, 0.29) is 10.5 Å². The molecule has 0 bridgehead atoms. The second-order valence-electron chi connectivity index (χ2n) is 6.67. The lowest BCUT2D eigenvalue weighted by Crippen LogP contribution is -2.30. The number of nitrogens with two attached hydrogens (primary N) is 1. The quantitative estimate of drug-likeness (QED) is 0.420. The summed E-state index contributed by atoms with van der Waals surface area (Å²) in [5.74, 6) is -0.382. The van der Waals surface area contributed by atoms with Crippen LogP contribution in [0.3, 0.4) is 0 Å². The van der Waals surface area contributed by atoms with Crippen LogP contribution in [0.25, 0.3) is 0 Å². The summed E-state index contributed by atoms with van der Waals surface area (Å²) in [6, 6.07) is 9.92. The average Bonchev–Trinajstić information content (AvgIpc) is 2.73. The van der Waals surface area contributed by atoms with Crippen LogP contribution in [0.1, 0.15) is 37.0 Å². The van der Waals surface area contributed by atoms with Gasteiger partial charge < -0.3 is 19.5 Å². The van der Waals surface area contributed by atoms with Gasteiger partial charge in [0.2, 0.25) is 10.0 Å². The highest BCUT2D eigenvalue weighted by Gasteiger charge is 2.20. The maximum absolute atomic E-state index is 12.4. The summed E-state index contributed by atoms with van der Waals surface area (Å²) in [7, 11) is -2.36. The number of hydrogen-bond donors (Lipinski definition) is 2. The van der Waals surface area contributed by atoms with Crippen molar-refractivity contribution >= 4 is 27.6 Å².